The maximum atomic E-state index is 12.7. The zero-order valence-corrected chi connectivity index (χ0v) is 24.1. The van der Waals surface area contributed by atoms with Crippen LogP contribution in [0.2, 0.25) is 0 Å². The number of allylic oxidation sites excluding steroid dienone is 1. The van der Waals surface area contributed by atoms with Crippen LogP contribution in [0.1, 0.15) is 72.1 Å². The Balaban J connectivity index is 1.41. The molecule has 0 unspecified atom stereocenters. The molecule has 2 N–H and O–H groups in total. The van der Waals surface area contributed by atoms with Crippen molar-refractivity contribution < 1.29 is 24.5 Å². The lowest BCUT2D eigenvalue weighted by atomic mass is 9.52. The van der Waals surface area contributed by atoms with Crippen LogP contribution in [0, 0.1) is 22.7 Å². The molecule has 6 nitrogen and oxygen atoms in total. The standard InChI is InChI=1S/C31H43NO5S/c1-27(2)18-36-30(37-19-27)14-15-31(38-22-7-5-6-21(16-22)32(4)20-33)25-11-12-28(3)24(8-9-26(28)34)23(25)10-13-29(31,35)17-30/h5-7,11,16,20,23-24,26,34-35H,8-10,12-15,17-19H2,1-4H3/t23-,24-,26-,28-,29+,31-/m0/s1. The van der Waals surface area contributed by atoms with Gasteiger partial charge in [-0.25, -0.2) is 0 Å². The number of hydrogen-bond acceptors (Lipinski definition) is 6. The van der Waals surface area contributed by atoms with Gasteiger partial charge in [-0.05, 0) is 68.6 Å². The summed E-state index contributed by atoms with van der Waals surface area (Å²) >= 11 is 1.77. The van der Waals surface area contributed by atoms with Gasteiger partial charge in [0.2, 0.25) is 6.41 Å². The maximum absolute atomic E-state index is 12.7. The van der Waals surface area contributed by atoms with Crippen LogP contribution in [0.15, 0.2) is 40.8 Å². The van der Waals surface area contributed by atoms with E-state index in [1.54, 1.807) is 23.7 Å². The minimum absolute atomic E-state index is 0.0282. The maximum Gasteiger partial charge on any atom is 0.213 e. The number of rotatable bonds is 4. The van der Waals surface area contributed by atoms with Gasteiger partial charge >= 0.3 is 0 Å². The second kappa shape index (κ2) is 9.07. The van der Waals surface area contributed by atoms with Crippen molar-refractivity contribution in [3.05, 3.63) is 35.9 Å². The molecule has 1 heterocycles. The molecular weight excluding hydrogens is 498 g/mol. The fourth-order valence-electron chi connectivity index (χ4n) is 8.30. The van der Waals surface area contributed by atoms with E-state index in [9.17, 15) is 15.0 Å². The van der Waals surface area contributed by atoms with Crippen molar-refractivity contribution in [2.24, 2.45) is 22.7 Å². The average Bonchev–Trinajstić information content (AvgIpc) is 3.20. The Morgan fingerprint density at radius 2 is 1.84 bits per heavy atom. The van der Waals surface area contributed by atoms with E-state index in [-0.39, 0.29) is 16.9 Å². The summed E-state index contributed by atoms with van der Waals surface area (Å²) in [6.45, 7) is 7.85. The van der Waals surface area contributed by atoms with Crippen LogP contribution in [-0.4, -0.2) is 59.1 Å². The minimum Gasteiger partial charge on any atom is -0.393 e. The number of aliphatic hydroxyl groups excluding tert-OH is 1. The predicted molar refractivity (Wildman–Crippen MR) is 149 cm³/mol. The zero-order chi connectivity index (χ0) is 27.0. The van der Waals surface area contributed by atoms with Crippen molar-refractivity contribution >= 4 is 23.9 Å². The Labute approximate surface area is 231 Å². The normalized spacial score (nSPS) is 41.0. The number of aliphatic hydroxyl groups is 2. The van der Waals surface area contributed by atoms with Crippen LogP contribution >= 0.6 is 11.8 Å². The molecule has 4 fully saturated rings. The number of benzene rings is 1. The van der Waals surface area contributed by atoms with Crippen molar-refractivity contribution in [3.63, 3.8) is 0 Å². The highest BCUT2D eigenvalue weighted by Gasteiger charge is 2.67. The molecule has 1 aliphatic heterocycles. The van der Waals surface area contributed by atoms with E-state index in [2.05, 4.69) is 39.0 Å². The molecule has 7 heteroatoms. The first-order chi connectivity index (χ1) is 17.9. The second-order valence-electron chi connectivity index (χ2n) is 13.7. The fourth-order valence-corrected chi connectivity index (χ4v) is 9.95. The van der Waals surface area contributed by atoms with Gasteiger partial charge in [-0.1, -0.05) is 38.5 Å². The molecule has 1 aromatic carbocycles. The van der Waals surface area contributed by atoms with Gasteiger partial charge in [0.15, 0.2) is 5.79 Å². The Kier molecular flexibility index (Phi) is 6.40. The van der Waals surface area contributed by atoms with Crippen molar-refractivity contribution in [3.8, 4) is 0 Å². The van der Waals surface area contributed by atoms with E-state index in [0.717, 1.165) is 55.5 Å². The summed E-state index contributed by atoms with van der Waals surface area (Å²) in [7, 11) is 1.77. The summed E-state index contributed by atoms with van der Waals surface area (Å²) in [6.07, 6.45) is 9.29. The molecule has 1 saturated heterocycles. The largest absolute Gasteiger partial charge is 0.393 e. The average molecular weight is 542 g/mol. The van der Waals surface area contributed by atoms with E-state index >= 15 is 0 Å². The monoisotopic (exact) mass is 541 g/mol. The number of thioether (sulfide) groups is 1. The van der Waals surface area contributed by atoms with Gasteiger partial charge in [-0.15, -0.1) is 11.8 Å². The molecule has 6 atom stereocenters. The lowest BCUT2D eigenvalue weighted by Gasteiger charge is -2.63. The Morgan fingerprint density at radius 3 is 2.58 bits per heavy atom. The molecule has 6 rings (SSSR count). The molecule has 5 aliphatic rings. The van der Waals surface area contributed by atoms with Crippen molar-refractivity contribution in [2.45, 2.75) is 99.3 Å². The molecule has 4 aliphatic carbocycles. The minimum atomic E-state index is -0.989. The van der Waals surface area contributed by atoms with Gasteiger partial charge in [0.05, 0.1) is 29.7 Å². The van der Waals surface area contributed by atoms with Gasteiger partial charge in [0.25, 0.3) is 0 Å². The highest BCUT2D eigenvalue weighted by molar-refractivity contribution is 8.01. The molecule has 1 amide bonds. The highest BCUT2D eigenvalue weighted by Crippen LogP contribution is 2.68. The van der Waals surface area contributed by atoms with Crippen molar-refractivity contribution in [1.29, 1.82) is 0 Å². The quantitative estimate of drug-likeness (QED) is 0.397. The first-order valence-corrected chi connectivity index (χ1v) is 15.1. The van der Waals surface area contributed by atoms with E-state index in [1.807, 2.05) is 12.1 Å². The molecular formula is C31H43NO5S. The SMILES string of the molecule is CN(C=O)c1cccc(S[C@]23CCC4(C[C@]2(O)CC[C@@H]2C3=CC[C@]3(C)[C@@H](O)CC[C@@H]23)OCC(C)(C)CO4)c1. The van der Waals surface area contributed by atoms with E-state index < -0.39 is 16.1 Å². The van der Waals surface area contributed by atoms with Gasteiger partial charge in [0, 0.05) is 41.3 Å². The smallest absolute Gasteiger partial charge is 0.213 e. The predicted octanol–water partition coefficient (Wildman–Crippen LogP) is 5.31. The second-order valence-corrected chi connectivity index (χ2v) is 15.1. The Hall–Kier alpha value is -1.38. The number of amides is 1. The number of carbonyl (C=O) groups is 1. The third kappa shape index (κ3) is 4.02. The number of nitrogens with zero attached hydrogens (tertiary/aromatic N) is 1. The van der Waals surface area contributed by atoms with Crippen LogP contribution < -0.4 is 4.90 Å². The first kappa shape index (κ1) is 26.8. The van der Waals surface area contributed by atoms with Crippen LogP contribution in [0.5, 0.6) is 0 Å². The van der Waals surface area contributed by atoms with Crippen LogP contribution in [0.4, 0.5) is 5.69 Å². The molecule has 0 radical (unpaired) electrons. The Bertz CT molecular complexity index is 1130. The molecule has 0 bridgehead atoms. The summed E-state index contributed by atoms with van der Waals surface area (Å²) in [5.41, 5.74) is 1.11. The Morgan fingerprint density at radius 1 is 1.08 bits per heavy atom. The van der Waals surface area contributed by atoms with Crippen LogP contribution in [0.3, 0.4) is 0 Å². The van der Waals surface area contributed by atoms with Gasteiger partial charge in [-0.3, -0.25) is 4.79 Å². The number of hydrogen-bond donors (Lipinski definition) is 2. The van der Waals surface area contributed by atoms with E-state index in [0.29, 0.717) is 37.9 Å². The summed E-state index contributed by atoms with van der Waals surface area (Å²) in [4.78, 5) is 14.1. The molecule has 38 heavy (non-hydrogen) atoms. The number of anilines is 1. The van der Waals surface area contributed by atoms with Gasteiger partial charge < -0.3 is 24.6 Å². The lowest BCUT2D eigenvalue weighted by Crippen LogP contribution is -2.67. The van der Waals surface area contributed by atoms with Crippen molar-refractivity contribution in [2.75, 3.05) is 25.2 Å². The molecule has 3 saturated carbocycles. The summed E-state index contributed by atoms with van der Waals surface area (Å²) in [6, 6.07) is 8.09. The number of ether oxygens (including phenoxy) is 2. The zero-order valence-electron chi connectivity index (χ0n) is 23.2. The van der Waals surface area contributed by atoms with E-state index in [1.165, 1.54) is 5.57 Å². The summed E-state index contributed by atoms with van der Waals surface area (Å²) < 4.78 is 12.4. The number of fused-ring (bicyclic) bond motifs is 5. The van der Waals surface area contributed by atoms with Crippen LogP contribution in [-0.2, 0) is 14.3 Å². The summed E-state index contributed by atoms with van der Waals surface area (Å²) in [5.74, 6) is 0.0558. The fraction of sp³-hybridized carbons (Fsp3) is 0.710. The van der Waals surface area contributed by atoms with Gasteiger partial charge in [-0.2, -0.15) is 0 Å². The lowest BCUT2D eigenvalue weighted by molar-refractivity contribution is -0.331. The molecule has 0 aromatic heterocycles. The van der Waals surface area contributed by atoms with E-state index in [4.69, 9.17) is 9.47 Å². The van der Waals surface area contributed by atoms with Gasteiger partial charge in [0.1, 0.15) is 0 Å². The number of carbonyl (C=O) groups excluding carboxylic acids is 1. The first-order valence-electron chi connectivity index (χ1n) is 14.3. The molecule has 208 valence electrons. The third-order valence-corrected chi connectivity index (χ3v) is 12.3. The third-order valence-electron chi connectivity index (χ3n) is 10.6. The van der Waals surface area contributed by atoms with Crippen molar-refractivity contribution in [1.82, 2.24) is 0 Å². The highest BCUT2D eigenvalue weighted by atomic mass is 32.2. The summed E-state index contributed by atoms with van der Waals surface area (Å²) in [5, 5.41) is 23.7. The van der Waals surface area contributed by atoms with Crippen LogP contribution in [0.25, 0.3) is 0 Å². The molecule has 1 aromatic rings. The molecule has 1 spiro atoms. The topological polar surface area (TPSA) is 79.2 Å².